The molecule has 0 amide bonds. The van der Waals surface area contributed by atoms with E-state index in [0.717, 1.165) is 11.1 Å². The van der Waals surface area contributed by atoms with Crippen molar-refractivity contribution in [2.24, 2.45) is 0 Å². The van der Waals surface area contributed by atoms with E-state index in [1.54, 1.807) is 0 Å². The first-order valence-electron chi connectivity index (χ1n) is 6.52. The van der Waals surface area contributed by atoms with Crippen molar-refractivity contribution in [2.45, 2.75) is 64.2 Å². The van der Waals surface area contributed by atoms with Gasteiger partial charge >= 0.3 is 29.6 Å². The van der Waals surface area contributed by atoms with Gasteiger partial charge in [0.1, 0.15) is 0 Å². The van der Waals surface area contributed by atoms with Crippen LogP contribution in [0.3, 0.4) is 0 Å². The molecule has 4 heteroatoms. The fourth-order valence-corrected chi connectivity index (χ4v) is 3.06. The molecule has 1 atom stereocenters. The fraction of sp³-hybridized carbons (Fsp3) is 0.600. The van der Waals surface area contributed by atoms with Crippen molar-refractivity contribution in [3.63, 3.8) is 0 Å². The second-order valence-electron chi connectivity index (χ2n) is 5.73. The molecule has 0 radical (unpaired) electrons. The van der Waals surface area contributed by atoms with Crippen LogP contribution >= 0.6 is 0 Å². The Morgan fingerprint density at radius 2 is 1.26 bits per heavy atom. The van der Waals surface area contributed by atoms with E-state index in [1.807, 2.05) is 39.8 Å². The predicted octanol–water partition coefficient (Wildman–Crippen LogP) is 1.30. The van der Waals surface area contributed by atoms with Gasteiger partial charge in [0.2, 0.25) is 0 Å². The van der Waals surface area contributed by atoms with E-state index < -0.39 is 11.1 Å². The Morgan fingerprint density at radius 1 is 0.895 bits per heavy atom. The van der Waals surface area contributed by atoms with Crippen molar-refractivity contribution >= 4 is 11.1 Å². The molecule has 1 unspecified atom stereocenters. The third-order valence-electron chi connectivity index (χ3n) is 3.25. The molecule has 0 aliphatic rings. The minimum absolute atomic E-state index is 0. The van der Waals surface area contributed by atoms with Crippen LogP contribution in [0.25, 0.3) is 0 Å². The maximum absolute atomic E-state index is 11.5. The van der Waals surface area contributed by atoms with Crippen molar-refractivity contribution in [3.8, 4) is 0 Å². The molecule has 0 saturated heterocycles. The van der Waals surface area contributed by atoms with E-state index in [4.69, 9.17) is 0 Å². The van der Waals surface area contributed by atoms with Crippen molar-refractivity contribution < 1.29 is 38.3 Å². The van der Waals surface area contributed by atoms with E-state index >= 15 is 0 Å². The van der Waals surface area contributed by atoms with Gasteiger partial charge in [-0.3, -0.25) is 4.21 Å². The van der Waals surface area contributed by atoms with Gasteiger partial charge in [-0.05, 0) is 45.5 Å². The standard InChI is InChI=1S/C15H24O2S.Na/c1-9(2)12-7-13(10(3)4)15(18(16)17)14(8-12)11(5)6;/h7-11H,1-6H3,(H,16,17);/q;+1/p-1. The molecule has 2 nitrogen and oxygen atoms in total. The van der Waals surface area contributed by atoms with Gasteiger partial charge in [-0.2, -0.15) is 0 Å². The van der Waals surface area contributed by atoms with Crippen LogP contribution in [0.4, 0.5) is 0 Å². The van der Waals surface area contributed by atoms with Gasteiger partial charge in [-0.15, -0.1) is 0 Å². The summed E-state index contributed by atoms with van der Waals surface area (Å²) in [5.41, 5.74) is 3.10. The molecule has 1 aromatic rings. The van der Waals surface area contributed by atoms with Gasteiger partial charge in [-0.25, -0.2) is 0 Å². The van der Waals surface area contributed by atoms with E-state index in [-0.39, 0.29) is 41.4 Å². The second-order valence-corrected chi connectivity index (χ2v) is 6.60. The van der Waals surface area contributed by atoms with E-state index in [1.165, 1.54) is 5.56 Å². The summed E-state index contributed by atoms with van der Waals surface area (Å²) in [6.07, 6.45) is 0. The summed E-state index contributed by atoms with van der Waals surface area (Å²) in [4.78, 5) is 0.504. The van der Waals surface area contributed by atoms with E-state index in [9.17, 15) is 8.76 Å². The molecule has 102 valence electrons. The van der Waals surface area contributed by atoms with Crippen LogP contribution in [0.5, 0.6) is 0 Å². The number of hydrogen-bond acceptors (Lipinski definition) is 2. The normalized spacial score (nSPS) is 12.9. The van der Waals surface area contributed by atoms with Crippen LogP contribution in [-0.2, 0) is 11.1 Å². The van der Waals surface area contributed by atoms with E-state index in [0.29, 0.717) is 10.8 Å². The average Bonchev–Trinajstić information content (AvgIpc) is 2.26. The van der Waals surface area contributed by atoms with Gasteiger partial charge in [0.25, 0.3) is 0 Å². The Hall–Kier alpha value is 0.330. The van der Waals surface area contributed by atoms with Gasteiger partial charge in [0.05, 0.1) is 0 Å². The van der Waals surface area contributed by atoms with Crippen LogP contribution in [0.2, 0.25) is 0 Å². The molecule has 0 heterocycles. The Balaban J connectivity index is 0.00000324. The summed E-state index contributed by atoms with van der Waals surface area (Å²) in [6.45, 7) is 12.4. The van der Waals surface area contributed by atoms with Crippen molar-refractivity contribution in [1.82, 2.24) is 0 Å². The molecule has 0 fully saturated rings. The Bertz CT molecular complexity index is 424. The zero-order valence-corrected chi connectivity index (χ0v) is 15.9. The first-order chi connectivity index (χ1) is 8.25. The summed E-state index contributed by atoms with van der Waals surface area (Å²) in [5, 5.41) is 0. The van der Waals surface area contributed by atoms with Crippen LogP contribution in [0.15, 0.2) is 17.0 Å². The summed E-state index contributed by atoms with van der Waals surface area (Å²) < 4.78 is 23.1. The molecule has 1 aromatic carbocycles. The third kappa shape index (κ3) is 4.68. The summed E-state index contributed by atoms with van der Waals surface area (Å²) in [7, 11) is 0. The molecule has 1 rings (SSSR count). The fourth-order valence-electron chi connectivity index (χ4n) is 2.08. The Kier molecular flexibility index (Phi) is 8.08. The first-order valence-corrected chi connectivity index (χ1v) is 7.60. The number of rotatable bonds is 4. The van der Waals surface area contributed by atoms with E-state index in [2.05, 4.69) is 13.8 Å². The smallest absolute Gasteiger partial charge is 0.768 e. The molecule has 0 bridgehead atoms. The van der Waals surface area contributed by atoms with Crippen LogP contribution in [0, 0.1) is 0 Å². The van der Waals surface area contributed by atoms with Crippen molar-refractivity contribution in [2.75, 3.05) is 0 Å². The first kappa shape index (κ1) is 19.3. The minimum Gasteiger partial charge on any atom is -0.768 e. The van der Waals surface area contributed by atoms with Crippen LogP contribution < -0.4 is 29.6 Å². The molecule has 19 heavy (non-hydrogen) atoms. The Morgan fingerprint density at radius 3 is 1.47 bits per heavy atom. The molecule has 0 aromatic heterocycles. The second kappa shape index (κ2) is 7.94. The van der Waals surface area contributed by atoms with Gasteiger partial charge in [-0.1, -0.05) is 53.7 Å². The monoisotopic (exact) mass is 290 g/mol. The molecule has 0 aliphatic carbocycles. The summed E-state index contributed by atoms with van der Waals surface area (Å²) >= 11 is -2.16. The minimum atomic E-state index is -2.16. The molecule has 0 aliphatic heterocycles. The maximum Gasteiger partial charge on any atom is 1.00 e. The quantitative estimate of drug-likeness (QED) is 0.619. The molecule has 0 N–H and O–H groups in total. The molecule has 0 spiro atoms. The summed E-state index contributed by atoms with van der Waals surface area (Å²) in [6, 6.07) is 4.10. The summed E-state index contributed by atoms with van der Waals surface area (Å²) in [5.74, 6) is 0.845. The largest absolute Gasteiger partial charge is 1.00 e. The third-order valence-corrected chi connectivity index (χ3v) is 4.05. The zero-order chi connectivity index (χ0) is 14.0. The molecular formula is C15H23NaO2S. The molecular weight excluding hydrogens is 267 g/mol. The number of hydrogen-bond donors (Lipinski definition) is 0. The van der Waals surface area contributed by atoms with Gasteiger partial charge < -0.3 is 4.55 Å². The average molecular weight is 290 g/mol. The zero-order valence-electron chi connectivity index (χ0n) is 13.1. The SMILES string of the molecule is CC(C)c1cc(C(C)C)c(S(=O)[O-])c(C(C)C)c1.[Na+]. The van der Waals surface area contributed by atoms with Gasteiger partial charge in [0, 0.05) is 4.90 Å². The van der Waals surface area contributed by atoms with Crippen LogP contribution in [0.1, 0.15) is 76.0 Å². The topological polar surface area (TPSA) is 40.1 Å². The van der Waals surface area contributed by atoms with Gasteiger partial charge in [0.15, 0.2) is 0 Å². The van der Waals surface area contributed by atoms with Crippen molar-refractivity contribution in [3.05, 3.63) is 28.8 Å². The number of benzene rings is 1. The molecule has 0 saturated carbocycles. The van der Waals surface area contributed by atoms with Crippen molar-refractivity contribution in [1.29, 1.82) is 0 Å². The Labute approximate surface area is 142 Å². The van der Waals surface area contributed by atoms with Crippen LogP contribution in [-0.4, -0.2) is 8.76 Å². The predicted molar refractivity (Wildman–Crippen MR) is 75.9 cm³/mol. The maximum atomic E-state index is 11.5.